The summed E-state index contributed by atoms with van der Waals surface area (Å²) < 4.78 is 29.3. The van der Waals surface area contributed by atoms with Crippen molar-refractivity contribution in [2.75, 3.05) is 20.5 Å². The number of hydrogen-bond donors (Lipinski definition) is 0. The minimum atomic E-state index is -0.857. The molecule has 2 aliphatic rings. The normalized spacial score (nSPS) is 15.1. The number of aromatic nitrogens is 1. The van der Waals surface area contributed by atoms with E-state index >= 15 is 0 Å². The summed E-state index contributed by atoms with van der Waals surface area (Å²) in [6.07, 6.45) is 1.62. The van der Waals surface area contributed by atoms with Gasteiger partial charge in [0.15, 0.2) is 27.8 Å². The molecule has 0 amide bonds. The lowest BCUT2D eigenvalue weighted by atomic mass is 9.95. The first kappa shape index (κ1) is 31.0. The van der Waals surface area contributed by atoms with Gasteiger partial charge >= 0.3 is 11.7 Å². The number of non-ortho nitro benzene ring substituents is 1. The quantitative estimate of drug-likeness (QED) is 0.143. The van der Waals surface area contributed by atoms with E-state index in [0.29, 0.717) is 37.7 Å². The minimum absolute atomic E-state index is 0.0548. The maximum Gasteiger partial charge on any atom is 0.338 e. The summed E-state index contributed by atoms with van der Waals surface area (Å²) in [6.45, 7) is 3.56. The lowest BCUT2D eigenvalue weighted by Crippen LogP contribution is -2.39. The molecule has 240 valence electrons. The number of methoxy groups -OCH3 is 1. The van der Waals surface area contributed by atoms with Gasteiger partial charge in [0.1, 0.15) is 0 Å². The van der Waals surface area contributed by atoms with Crippen molar-refractivity contribution >= 4 is 34.8 Å². The molecule has 0 N–H and O–H groups in total. The largest absolute Gasteiger partial charge is 0.493 e. The molecule has 0 unspecified atom stereocenters. The van der Waals surface area contributed by atoms with E-state index in [0.717, 1.165) is 29.5 Å². The third-order valence-corrected chi connectivity index (χ3v) is 8.27. The maximum absolute atomic E-state index is 14.0. The molecule has 0 saturated heterocycles. The first-order chi connectivity index (χ1) is 22.6. The smallest absolute Gasteiger partial charge is 0.338 e. The highest BCUT2D eigenvalue weighted by Gasteiger charge is 2.34. The third kappa shape index (κ3) is 5.77. The van der Waals surface area contributed by atoms with Crippen molar-refractivity contribution in [1.82, 2.24) is 4.57 Å². The fourth-order valence-corrected chi connectivity index (χ4v) is 6.21. The number of allylic oxidation sites excluding steroid dienone is 1. The summed E-state index contributed by atoms with van der Waals surface area (Å²) in [5.74, 6) is 0.481. The number of hydrogen-bond acceptors (Lipinski definition) is 13. The van der Waals surface area contributed by atoms with Crippen molar-refractivity contribution in [2.24, 2.45) is 4.99 Å². The number of nitrogens with zero attached hydrogens (tertiary/aromatic N) is 4. The highest BCUT2D eigenvalue weighted by atomic mass is 32.1. The lowest BCUT2D eigenvalue weighted by Gasteiger charge is -2.24. The van der Waals surface area contributed by atoms with Gasteiger partial charge in [0.05, 0.1) is 51.5 Å². The predicted molar refractivity (Wildman–Crippen MR) is 166 cm³/mol. The van der Waals surface area contributed by atoms with Crippen LogP contribution in [0.25, 0.3) is 6.08 Å². The van der Waals surface area contributed by atoms with E-state index < -0.39 is 38.8 Å². The molecule has 1 atom stereocenters. The zero-order valence-corrected chi connectivity index (χ0v) is 25.8. The molecule has 4 aromatic rings. The van der Waals surface area contributed by atoms with E-state index in [1.165, 1.54) is 17.7 Å². The average molecular weight is 661 g/mol. The van der Waals surface area contributed by atoms with E-state index in [1.807, 2.05) is 0 Å². The number of thiazole rings is 1. The van der Waals surface area contributed by atoms with Crippen LogP contribution in [0.2, 0.25) is 0 Å². The molecule has 0 spiro atoms. The molecule has 2 aliphatic heterocycles. The SMILES string of the molecule is CCOC(=O)C1=C(C)N=c2s/c(=C\c3ccc(Oc4ccc([N+](=O)[O-])cc4[N+](=O)[O-])c(OC)c3)c(=O)n2[C@H]1c1ccc2c(c1)OCO2. The molecule has 16 heteroatoms. The van der Waals surface area contributed by atoms with Crippen molar-refractivity contribution in [1.29, 1.82) is 0 Å². The van der Waals surface area contributed by atoms with Gasteiger partial charge in [-0.25, -0.2) is 9.79 Å². The molecule has 3 aromatic carbocycles. The number of fused-ring (bicyclic) bond motifs is 2. The molecule has 3 heterocycles. The van der Waals surface area contributed by atoms with Crippen LogP contribution >= 0.6 is 11.3 Å². The Kier molecular flexibility index (Phi) is 8.17. The number of carbonyl (C=O) groups excluding carboxylic acids is 1. The molecule has 1 aromatic heterocycles. The molecule has 0 radical (unpaired) electrons. The van der Waals surface area contributed by atoms with E-state index in [-0.39, 0.29) is 36.2 Å². The molecule has 6 rings (SSSR count). The predicted octanol–water partition coefficient (Wildman–Crippen LogP) is 4.14. The maximum atomic E-state index is 14.0. The second kappa shape index (κ2) is 12.4. The van der Waals surface area contributed by atoms with Gasteiger partial charge < -0.3 is 23.7 Å². The minimum Gasteiger partial charge on any atom is -0.493 e. The van der Waals surface area contributed by atoms with Crippen LogP contribution in [-0.2, 0) is 9.53 Å². The molecule has 15 nitrogen and oxygen atoms in total. The number of benzene rings is 3. The summed E-state index contributed by atoms with van der Waals surface area (Å²) in [5.41, 5.74) is 0.280. The Balaban J connectivity index is 1.41. The van der Waals surface area contributed by atoms with Crippen LogP contribution in [0.5, 0.6) is 28.7 Å². The first-order valence-electron chi connectivity index (χ1n) is 14.0. The van der Waals surface area contributed by atoms with Crippen LogP contribution < -0.4 is 33.8 Å². The van der Waals surface area contributed by atoms with Crippen molar-refractivity contribution < 1.29 is 38.3 Å². The molecule has 0 fully saturated rings. The van der Waals surface area contributed by atoms with Crippen molar-refractivity contribution in [3.05, 3.63) is 117 Å². The molecule has 0 saturated carbocycles. The van der Waals surface area contributed by atoms with Gasteiger partial charge in [-0.3, -0.25) is 29.6 Å². The molecular weight excluding hydrogens is 636 g/mol. The summed E-state index contributed by atoms with van der Waals surface area (Å²) in [4.78, 5) is 53.3. The Morgan fingerprint density at radius 2 is 1.81 bits per heavy atom. The molecule has 47 heavy (non-hydrogen) atoms. The van der Waals surface area contributed by atoms with Crippen LogP contribution in [0.3, 0.4) is 0 Å². The van der Waals surface area contributed by atoms with E-state index in [1.54, 1.807) is 50.3 Å². The van der Waals surface area contributed by atoms with E-state index in [9.17, 15) is 29.8 Å². The number of carbonyl (C=O) groups is 1. The highest BCUT2D eigenvalue weighted by molar-refractivity contribution is 7.07. The monoisotopic (exact) mass is 660 g/mol. The van der Waals surface area contributed by atoms with Crippen LogP contribution in [-0.4, -0.2) is 40.9 Å². The zero-order valence-electron chi connectivity index (χ0n) is 25.0. The second-order valence-corrected chi connectivity index (χ2v) is 11.1. The van der Waals surface area contributed by atoms with Crippen molar-refractivity contribution in [2.45, 2.75) is 19.9 Å². The number of esters is 1. The van der Waals surface area contributed by atoms with Crippen LogP contribution in [0.15, 0.2) is 75.7 Å². The standard InChI is InChI=1S/C31H24N4O11S/c1-4-43-30(37)27-16(2)32-31-33(28(27)18-6-9-22-25(13-18)45-15-44-22)29(36)26(47-31)12-17-5-8-23(24(11-17)42-3)46-21-10-7-19(34(38)39)14-20(21)35(40)41/h5-14,28H,4,15H2,1-3H3/b26-12-/t28-/m0/s1. The van der Waals surface area contributed by atoms with Crippen LogP contribution in [0.4, 0.5) is 11.4 Å². The lowest BCUT2D eigenvalue weighted by molar-refractivity contribution is -0.394. The van der Waals surface area contributed by atoms with Crippen molar-refractivity contribution in [3.8, 4) is 28.7 Å². The highest BCUT2D eigenvalue weighted by Crippen LogP contribution is 2.40. The van der Waals surface area contributed by atoms with Crippen molar-refractivity contribution in [3.63, 3.8) is 0 Å². The van der Waals surface area contributed by atoms with Crippen LogP contribution in [0.1, 0.15) is 31.0 Å². The molecule has 0 bridgehead atoms. The number of nitro benzene ring substituents is 2. The molecular formula is C31H24N4O11S. The number of ether oxygens (including phenoxy) is 5. The Bertz CT molecular complexity index is 2190. The van der Waals surface area contributed by atoms with E-state index in [4.69, 9.17) is 23.7 Å². The fourth-order valence-electron chi connectivity index (χ4n) is 5.17. The van der Waals surface area contributed by atoms with Gasteiger partial charge in [0, 0.05) is 6.07 Å². The number of nitro groups is 2. The van der Waals surface area contributed by atoms with Gasteiger partial charge in [-0.05, 0) is 61.4 Å². The van der Waals surface area contributed by atoms with Gasteiger partial charge in [-0.15, -0.1) is 0 Å². The van der Waals surface area contributed by atoms with Gasteiger partial charge in [0.25, 0.3) is 11.2 Å². The van der Waals surface area contributed by atoms with Gasteiger partial charge in [-0.2, -0.15) is 0 Å². The Morgan fingerprint density at radius 1 is 1.04 bits per heavy atom. The average Bonchev–Trinajstić information content (AvgIpc) is 3.64. The third-order valence-electron chi connectivity index (χ3n) is 7.28. The Labute approximate surface area is 268 Å². The Hall–Kier alpha value is -6.03. The summed E-state index contributed by atoms with van der Waals surface area (Å²) in [6, 6.07) is 12.0. The van der Waals surface area contributed by atoms with Gasteiger partial charge in [0.2, 0.25) is 12.5 Å². The molecule has 0 aliphatic carbocycles. The Morgan fingerprint density at radius 3 is 2.53 bits per heavy atom. The topological polar surface area (TPSA) is 184 Å². The van der Waals surface area contributed by atoms with Gasteiger partial charge in [-0.1, -0.05) is 23.5 Å². The van der Waals surface area contributed by atoms with E-state index in [2.05, 4.69) is 4.99 Å². The summed E-state index contributed by atoms with van der Waals surface area (Å²) in [7, 11) is 1.37. The first-order valence-corrected chi connectivity index (χ1v) is 14.8. The fraction of sp³-hybridized carbons (Fsp3) is 0.194. The van der Waals surface area contributed by atoms with Crippen LogP contribution in [0, 0.1) is 20.2 Å². The zero-order chi connectivity index (χ0) is 33.4. The number of rotatable bonds is 9. The summed E-state index contributed by atoms with van der Waals surface area (Å²) >= 11 is 1.12. The second-order valence-electron chi connectivity index (χ2n) is 10.1. The summed E-state index contributed by atoms with van der Waals surface area (Å²) in [5, 5.41) is 22.7.